The first-order chi connectivity index (χ1) is 18.4. The Morgan fingerprint density at radius 1 is 0.432 bits per heavy atom. The molecule has 0 spiro atoms. The van der Waals surface area contributed by atoms with Crippen molar-refractivity contribution in [1.29, 1.82) is 0 Å². The molecule has 0 N–H and O–H groups in total. The minimum absolute atomic E-state index is 0.323. The Labute approximate surface area is 222 Å². The summed E-state index contributed by atoms with van der Waals surface area (Å²) in [7, 11) is -1.29. The summed E-state index contributed by atoms with van der Waals surface area (Å²) < 4.78 is 0. The molecule has 5 aromatic rings. The molecule has 0 aliphatic heterocycles. The first kappa shape index (κ1) is 23.8. The molecule has 1 aliphatic carbocycles. The van der Waals surface area contributed by atoms with Gasteiger partial charge in [0.15, 0.2) is 0 Å². The van der Waals surface area contributed by atoms with Crippen LogP contribution in [0.2, 0.25) is 0 Å². The second-order valence-electron chi connectivity index (χ2n) is 9.02. The predicted octanol–water partition coefficient (Wildman–Crippen LogP) is 6.90. The van der Waals surface area contributed by atoms with E-state index in [9.17, 15) is 0 Å². The topological polar surface area (TPSA) is 0 Å². The van der Waals surface area contributed by atoms with Crippen molar-refractivity contribution in [3.8, 4) is 0 Å². The van der Waals surface area contributed by atoms with E-state index in [0.29, 0.717) is 5.66 Å². The monoisotopic (exact) mass is 510 g/mol. The lowest BCUT2D eigenvalue weighted by atomic mass is 10.1. The normalized spacial score (nSPS) is 14.8. The highest BCUT2D eigenvalue weighted by Gasteiger charge is 2.31. The van der Waals surface area contributed by atoms with E-state index in [1.54, 1.807) is 0 Å². The zero-order valence-electron chi connectivity index (χ0n) is 20.6. The summed E-state index contributed by atoms with van der Waals surface area (Å²) in [6.45, 7) is 0. The lowest BCUT2D eigenvalue weighted by Crippen LogP contribution is -2.26. The molecule has 0 amide bonds. The van der Waals surface area contributed by atoms with E-state index in [2.05, 4.69) is 164 Å². The smallest absolute Gasteiger partial charge is 0.0311 e. The number of benzene rings is 5. The number of rotatable bonds is 7. The largest absolute Gasteiger partial charge is 0.0721 e. The zero-order valence-corrected chi connectivity index (χ0v) is 22.3. The molecule has 0 saturated carbocycles. The second kappa shape index (κ2) is 11.2. The molecule has 6 rings (SSSR count). The summed E-state index contributed by atoms with van der Waals surface area (Å²) in [5.41, 5.74) is 3.12. The molecule has 0 aromatic heterocycles. The standard InChI is InChI=1S/C35H28P2/c1-5-16-28(17-6-1)36(29-18-7-2-8-19-29)34-26-14-13-24-32(34)33-25-15-27-35(33)37(30-20-9-3-10-21-30)31-22-11-4-12-23-31/h1-27,35H. The van der Waals surface area contributed by atoms with Crippen molar-refractivity contribution in [2.24, 2.45) is 0 Å². The highest BCUT2D eigenvalue weighted by Crippen LogP contribution is 2.49. The third-order valence-corrected chi connectivity index (χ3v) is 11.9. The average molecular weight is 511 g/mol. The molecule has 2 heteroatoms. The first-order valence-electron chi connectivity index (χ1n) is 12.7. The summed E-state index contributed by atoms with van der Waals surface area (Å²) in [5.74, 6) is 0. The van der Waals surface area contributed by atoms with Crippen molar-refractivity contribution in [1.82, 2.24) is 0 Å². The molecule has 5 aromatic carbocycles. The maximum absolute atomic E-state index is 2.42. The minimum Gasteiger partial charge on any atom is -0.0721 e. The van der Waals surface area contributed by atoms with Crippen LogP contribution in [0.4, 0.5) is 0 Å². The van der Waals surface area contributed by atoms with Gasteiger partial charge in [-0.15, -0.1) is 0 Å². The van der Waals surface area contributed by atoms with E-state index in [1.807, 2.05) is 0 Å². The molecule has 0 radical (unpaired) electrons. The Morgan fingerprint density at radius 2 is 0.865 bits per heavy atom. The van der Waals surface area contributed by atoms with Crippen LogP contribution in [0, 0.1) is 0 Å². The molecule has 1 atom stereocenters. The Morgan fingerprint density at radius 3 is 1.38 bits per heavy atom. The fourth-order valence-electron chi connectivity index (χ4n) is 5.08. The van der Waals surface area contributed by atoms with E-state index < -0.39 is 15.8 Å². The summed E-state index contributed by atoms with van der Waals surface area (Å²) >= 11 is 0. The highest BCUT2D eigenvalue weighted by atomic mass is 31.1. The van der Waals surface area contributed by atoms with Gasteiger partial charge < -0.3 is 0 Å². The van der Waals surface area contributed by atoms with Gasteiger partial charge in [-0.1, -0.05) is 164 Å². The van der Waals surface area contributed by atoms with Crippen LogP contribution in [0.25, 0.3) is 5.57 Å². The van der Waals surface area contributed by atoms with Gasteiger partial charge in [0.2, 0.25) is 0 Å². The van der Waals surface area contributed by atoms with E-state index in [-0.39, 0.29) is 0 Å². The van der Waals surface area contributed by atoms with Crippen molar-refractivity contribution < 1.29 is 0 Å². The Hall–Kier alpha value is -3.56. The van der Waals surface area contributed by atoms with Gasteiger partial charge in [-0.3, -0.25) is 0 Å². The van der Waals surface area contributed by atoms with E-state index in [4.69, 9.17) is 0 Å². The molecular weight excluding hydrogens is 482 g/mol. The lowest BCUT2D eigenvalue weighted by Gasteiger charge is -2.29. The molecule has 0 bridgehead atoms. The fraction of sp³-hybridized carbons (Fsp3) is 0.0286. The van der Waals surface area contributed by atoms with Crippen molar-refractivity contribution in [3.05, 3.63) is 169 Å². The third-order valence-electron chi connectivity index (χ3n) is 6.72. The van der Waals surface area contributed by atoms with E-state index in [1.165, 1.54) is 37.7 Å². The molecule has 1 unspecified atom stereocenters. The fourth-order valence-corrected chi connectivity index (χ4v) is 10.3. The van der Waals surface area contributed by atoms with Crippen molar-refractivity contribution >= 4 is 47.9 Å². The van der Waals surface area contributed by atoms with Crippen LogP contribution in [-0.2, 0) is 0 Å². The van der Waals surface area contributed by atoms with Gasteiger partial charge in [-0.25, -0.2) is 0 Å². The van der Waals surface area contributed by atoms with E-state index in [0.717, 1.165) is 0 Å². The Balaban J connectivity index is 1.49. The molecule has 0 fully saturated rings. The minimum atomic E-state index is -0.691. The van der Waals surface area contributed by atoms with Gasteiger partial charge in [-0.05, 0) is 53.5 Å². The molecule has 1 aliphatic rings. The molecule has 0 heterocycles. The van der Waals surface area contributed by atoms with Crippen molar-refractivity contribution in [2.45, 2.75) is 5.66 Å². The van der Waals surface area contributed by atoms with Gasteiger partial charge in [0.05, 0.1) is 0 Å². The third kappa shape index (κ3) is 5.01. The molecule has 0 nitrogen and oxygen atoms in total. The van der Waals surface area contributed by atoms with Gasteiger partial charge >= 0.3 is 0 Å². The second-order valence-corrected chi connectivity index (χ2v) is 13.5. The summed E-state index contributed by atoms with van der Waals surface area (Å²) in [6, 6.07) is 53.3. The van der Waals surface area contributed by atoms with Crippen LogP contribution >= 0.6 is 15.8 Å². The van der Waals surface area contributed by atoms with Gasteiger partial charge in [-0.2, -0.15) is 0 Å². The van der Waals surface area contributed by atoms with Crippen LogP contribution in [0.5, 0.6) is 0 Å². The summed E-state index contributed by atoms with van der Waals surface area (Å²) in [5, 5.41) is 7.01. The number of hydrogen-bond acceptors (Lipinski definition) is 0. The highest BCUT2D eigenvalue weighted by molar-refractivity contribution is 7.80. The Bertz CT molecular complexity index is 1430. The first-order valence-corrected chi connectivity index (χ1v) is 15.4. The summed E-state index contributed by atoms with van der Waals surface area (Å²) in [4.78, 5) is 0. The van der Waals surface area contributed by atoms with Gasteiger partial charge in [0.1, 0.15) is 0 Å². The SMILES string of the molecule is C1=CC(P(c2ccccc2)c2ccccc2)C(c2ccccc2P(c2ccccc2)c2ccccc2)=C1. The van der Waals surface area contributed by atoms with Crippen molar-refractivity contribution in [2.75, 3.05) is 0 Å². The molecule has 0 saturated heterocycles. The lowest BCUT2D eigenvalue weighted by molar-refractivity contribution is 1.44. The average Bonchev–Trinajstić information content (AvgIpc) is 3.45. The van der Waals surface area contributed by atoms with Crippen LogP contribution in [0.1, 0.15) is 5.56 Å². The van der Waals surface area contributed by atoms with Crippen LogP contribution < -0.4 is 26.5 Å². The summed E-state index contributed by atoms with van der Waals surface area (Å²) in [6.07, 6.45) is 7.05. The zero-order chi connectivity index (χ0) is 24.9. The molecular formula is C35H28P2. The van der Waals surface area contributed by atoms with Crippen LogP contribution in [0.3, 0.4) is 0 Å². The number of allylic oxidation sites excluding steroid dienone is 4. The number of hydrogen-bond donors (Lipinski definition) is 0. The van der Waals surface area contributed by atoms with Crippen LogP contribution in [0.15, 0.2) is 164 Å². The van der Waals surface area contributed by atoms with Crippen molar-refractivity contribution in [3.63, 3.8) is 0 Å². The Kier molecular flexibility index (Phi) is 7.23. The predicted molar refractivity (Wildman–Crippen MR) is 165 cm³/mol. The van der Waals surface area contributed by atoms with Gasteiger partial charge in [0, 0.05) is 5.66 Å². The van der Waals surface area contributed by atoms with Crippen LogP contribution in [-0.4, -0.2) is 5.66 Å². The van der Waals surface area contributed by atoms with E-state index >= 15 is 0 Å². The molecule has 178 valence electrons. The quantitative estimate of drug-likeness (QED) is 0.209. The van der Waals surface area contributed by atoms with Gasteiger partial charge in [0.25, 0.3) is 0 Å². The molecule has 37 heavy (non-hydrogen) atoms. The maximum atomic E-state index is 2.42. The maximum Gasteiger partial charge on any atom is 0.0311 e.